The molecular formula is C16H11BrFNO2. The van der Waals surface area contributed by atoms with Gasteiger partial charge in [0.1, 0.15) is 5.82 Å². The first-order valence-corrected chi connectivity index (χ1v) is 7.10. The van der Waals surface area contributed by atoms with E-state index in [1.54, 1.807) is 36.5 Å². The molecule has 21 heavy (non-hydrogen) atoms. The van der Waals surface area contributed by atoms with Gasteiger partial charge >= 0.3 is 5.97 Å². The van der Waals surface area contributed by atoms with Gasteiger partial charge in [-0.3, -0.25) is 0 Å². The second kappa shape index (κ2) is 5.33. The lowest BCUT2D eigenvalue weighted by Crippen LogP contribution is -2.01. The van der Waals surface area contributed by atoms with E-state index in [0.29, 0.717) is 17.5 Å². The van der Waals surface area contributed by atoms with E-state index in [1.165, 1.54) is 6.07 Å². The molecule has 0 amide bonds. The van der Waals surface area contributed by atoms with Crippen molar-refractivity contribution in [3.05, 3.63) is 70.1 Å². The van der Waals surface area contributed by atoms with Crippen molar-refractivity contribution < 1.29 is 14.3 Å². The molecule has 1 heterocycles. The Labute approximate surface area is 128 Å². The Hall–Kier alpha value is -2.14. The van der Waals surface area contributed by atoms with Gasteiger partial charge < -0.3 is 9.67 Å². The quantitative estimate of drug-likeness (QED) is 0.767. The minimum absolute atomic E-state index is 0.251. The van der Waals surface area contributed by atoms with E-state index >= 15 is 0 Å². The molecule has 1 N–H and O–H groups in total. The molecule has 0 saturated carbocycles. The van der Waals surface area contributed by atoms with Crippen LogP contribution in [0.15, 0.2) is 53.1 Å². The molecule has 5 heteroatoms. The summed E-state index contributed by atoms with van der Waals surface area (Å²) in [4.78, 5) is 11.2. The van der Waals surface area contributed by atoms with Gasteiger partial charge in [0.15, 0.2) is 0 Å². The van der Waals surface area contributed by atoms with Crippen molar-refractivity contribution in [3.8, 4) is 0 Å². The first-order valence-electron chi connectivity index (χ1n) is 6.31. The van der Waals surface area contributed by atoms with Crippen LogP contribution in [0.3, 0.4) is 0 Å². The van der Waals surface area contributed by atoms with Gasteiger partial charge in [0.05, 0.1) is 12.1 Å². The van der Waals surface area contributed by atoms with Crippen molar-refractivity contribution in [2.75, 3.05) is 0 Å². The molecular weight excluding hydrogens is 337 g/mol. The lowest BCUT2D eigenvalue weighted by atomic mass is 10.1. The van der Waals surface area contributed by atoms with Gasteiger partial charge in [-0.05, 0) is 36.4 Å². The zero-order valence-electron chi connectivity index (χ0n) is 10.9. The lowest BCUT2D eigenvalue weighted by Gasteiger charge is -2.08. The average Bonchev–Trinajstić information content (AvgIpc) is 2.86. The first-order chi connectivity index (χ1) is 10.1. The van der Waals surface area contributed by atoms with Gasteiger partial charge in [-0.15, -0.1) is 0 Å². The van der Waals surface area contributed by atoms with Crippen LogP contribution in [0.25, 0.3) is 10.9 Å². The molecule has 0 saturated heterocycles. The molecule has 0 atom stereocenters. The maximum atomic E-state index is 13.8. The van der Waals surface area contributed by atoms with Gasteiger partial charge in [0, 0.05) is 27.1 Å². The number of aromatic carboxylic acids is 1. The van der Waals surface area contributed by atoms with Crippen molar-refractivity contribution in [2.45, 2.75) is 6.54 Å². The van der Waals surface area contributed by atoms with E-state index in [2.05, 4.69) is 15.9 Å². The first kappa shape index (κ1) is 13.8. The Kier molecular flexibility index (Phi) is 3.51. The highest BCUT2D eigenvalue weighted by Crippen LogP contribution is 2.23. The smallest absolute Gasteiger partial charge is 0.336 e. The highest BCUT2D eigenvalue weighted by Gasteiger charge is 2.12. The highest BCUT2D eigenvalue weighted by molar-refractivity contribution is 9.10. The summed E-state index contributed by atoms with van der Waals surface area (Å²) in [5.41, 5.74) is 1.57. The molecule has 0 aliphatic rings. The molecule has 106 valence electrons. The summed E-state index contributed by atoms with van der Waals surface area (Å²) in [6.07, 6.45) is 1.78. The van der Waals surface area contributed by atoms with Crippen molar-refractivity contribution in [1.82, 2.24) is 4.57 Å². The predicted octanol–water partition coefficient (Wildman–Crippen LogP) is 4.29. The van der Waals surface area contributed by atoms with Gasteiger partial charge in [0.2, 0.25) is 0 Å². The van der Waals surface area contributed by atoms with E-state index < -0.39 is 5.97 Å². The summed E-state index contributed by atoms with van der Waals surface area (Å²) in [7, 11) is 0. The van der Waals surface area contributed by atoms with Crippen molar-refractivity contribution in [3.63, 3.8) is 0 Å². The van der Waals surface area contributed by atoms with Crippen molar-refractivity contribution >= 4 is 32.8 Å². The van der Waals surface area contributed by atoms with Crippen molar-refractivity contribution in [2.24, 2.45) is 0 Å². The second-order valence-corrected chi connectivity index (χ2v) is 5.64. The molecule has 3 aromatic rings. The Morgan fingerprint density at radius 2 is 2.05 bits per heavy atom. The third-order valence-corrected chi connectivity index (χ3v) is 3.89. The van der Waals surface area contributed by atoms with Crippen LogP contribution in [0.5, 0.6) is 0 Å². The minimum atomic E-state index is -0.966. The standard InChI is InChI=1S/C16H11BrFNO2/c17-11-4-5-14(18)10(8-11)9-19-7-6-12-13(16(20)21)2-1-3-15(12)19/h1-8H,9H2,(H,20,21). The predicted molar refractivity (Wildman–Crippen MR) is 82.1 cm³/mol. The number of rotatable bonds is 3. The number of hydrogen-bond donors (Lipinski definition) is 1. The number of nitrogens with zero attached hydrogens (tertiary/aromatic N) is 1. The zero-order chi connectivity index (χ0) is 15.0. The van der Waals surface area contributed by atoms with E-state index in [4.69, 9.17) is 0 Å². The molecule has 2 aromatic carbocycles. The molecule has 0 unspecified atom stereocenters. The summed E-state index contributed by atoms with van der Waals surface area (Å²) in [5, 5.41) is 9.84. The average molecular weight is 348 g/mol. The number of benzene rings is 2. The lowest BCUT2D eigenvalue weighted by molar-refractivity contribution is 0.0699. The number of carboxylic acid groups (broad SMARTS) is 1. The van der Waals surface area contributed by atoms with Gasteiger partial charge in [0.25, 0.3) is 0 Å². The molecule has 3 nitrogen and oxygen atoms in total. The topological polar surface area (TPSA) is 42.2 Å². The number of halogens is 2. The SMILES string of the molecule is O=C(O)c1cccc2c1ccn2Cc1cc(Br)ccc1F. The van der Waals surface area contributed by atoms with Crippen LogP contribution < -0.4 is 0 Å². The van der Waals surface area contributed by atoms with Crippen molar-refractivity contribution in [1.29, 1.82) is 0 Å². The van der Waals surface area contributed by atoms with Crippen LogP contribution >= 0.6 is 15.9 Å². The van der Waals surface area contributed by atoms with Gasteiger partial charge in [-0.25, -0.2) is 9.18 Å². The minimum Gasteiger partial charge on any atom is -0.478 e. The maximum Gasteiger partial charge on any atom is 0.336 e. The third kappa shape index (κ3) is 2.56. The van der Waals surface area contributed by atoms with Gasteiger partial charge in [-0.1, -0.05) is 22.0 Å². The summed E-state index contributed by atoms with van der Waals surface area (Å²) in [6.45, 7) is 0.345. The highest BCUT2D eigenvalue weighted by atomic mass is 79.9. The maximum absolute atomic E-state index is 13.8. The Morgan fingerprint density at radius 1 is 1.24 bits per heavy atom. The normalized spacial score (nSPS) is 11.0. The van der Waals surface area contributed by atoms with E-state index in [-0.39, 0.29) is 11.4 Å². The zero-order valence-corrected chi connectivity index (χ0v) is 12.5. The molecule has 0 aliphatic heterocycles. The summed E-state index contributed by atoms with van der Waals surface area (Å²) < 4.78 is 16.5. The summed E-state index contributed by atoms with van der Waals surface area (Å²) in [5.74, 6) is -1.25. The molecule has 0 fully saturated rings. The molecule has 0 radical (unpaired) electrons. The van der Waals surface area contributed by atoms with Crippen LogP contribution in [0, 0.1) is 5.82 Å². The van der Waals surface area contributed by atoms with Crippen LogP contribution in [0.1, 0.15) is 15.9 Å². The Balaban J connectivity index is 2.08. The number of carboxylic acids is 1. The van der Waals surface area contributed by atoms with E-state index in [9.17, 15) is 14.3 Å². The van der Waals surface area contributed by atoms with Crippen LogP contribution in [-0.2, 0) is 6.54 Å². The van der Waals surface area contributed by atoms with Gasteiger partial charge in [-0.2, -0.15) is 0 Å². The fourth-order valence-electron chi connectivity index (χ4n) is 2.40. The van der Waals surface area contributed by atoms with Crippen LogP contribution in [0.2, 0.25) is 0 Å². The third-order valence-electron chi connectivity index (χ3n) is 3.39. The molecule has 0 spiro atoms. The van der Waals surface area contributed by atoms with E-state index in [0.717, 1.165) is 9.99 Å². The monoisotopic (exact) mass is 347 g/mol. The molecule has 3 rings (SSSR count). The second-order valence-electron chi connectivity index (χ2n) is 4.72. The van der Waals surface area contributed by atoms with Crippen LogP contribution in [-0.4, -0.2) is 15.6 Å². The molecule has 1 aromatic heterocycles. The molecule has 0 bridgehead atoms. The summed E-state index contributed by atoms with van der Waals surface area (Å²) in [6, 6.07) is 11.6. The van der Waals surface area contributed by atoms with Crippen LogP contribution in [0.4, 0.5) is 4.39 Å². The Bertz CT molecular complexity index is 841. The van der Waals surface area contributed by atoms with E-state index in [1.807, 2.05) is 10.6 Å². The number of aromatic nitrogens is 1. The molecule has 0 aliphatic carbocycles. The Morgan fingerprint density at radius 3 is 2.81 bits per heavy atom. The number of carbonyl (C=O) groups is 1. The number of hydrogen-bond acceptors (Lipinski definition) is 1. The summed E-state index contributed by atoms with van der Waals surface area (Å²) >= 11 is 3.33. The number of fused-ring (bicyclic) bond motifs is 1. The fraction of sp³-hybridized carbons (Fsp3) is 0.0625. The fourth-order valence-corrected chi connectivity index (χ4v) is 2.80. The largest absolute Gasteiger partial charge is 0.478 e.